The van der Waals surface area contributed by atoms with Crippen molar-refractivity contribution >= 4 is 52.0 Å². The Morgan fingerprint density at radius 2 is 1.86 bits per heavy atom. The quantitative estimate of drug-likeness (QED) is 0.406. The van der Waals surface area contributed by atoms with E-state index >= 15 is 0 Å². The lowest BCUT2D eigenvalue weighted by Gasteiger charge is -2.39. The summed E-state index contributed by atoms with van der Waals surface area (Å²) < 4.78 is 41.5. The fourth-order valence-corrected chi connectivity index (χ4v) is 5.66. The van der Waals surface area contributed by atoms with E-state index in [1.165, 1.54) is 36.1 Å². The summed E-state index contributed by atoms with van der Waals surface area (Å²) in [6, 6.07) is 2.71. The highest BCUT2D eigenvalue weighted by atomic mass is 35.5. The molecule has 188 valence electrons. The number of alkyl halides is 4. The average molecular weight is 556 g/mol. The lowest BCUT2D eigenvalue weighted by molar-refractivity contribution is -0.129. The first-order chi connectivity index (χ1) is 17.1. The van der Waals surface area contributed by atoms with E-state index in [-0.39, 0.29) is 35.5 Å². The standard InChI is InChI=1S/C23H18Cl2F3N5O2S/c24-15-3-12(17-8-31-11-36-17)1-2-16(15)33(21(35)19(25)26)18(13-6-29-10-30-7-13)20(34)32-14-4-22(5-14)9-23(22,27)28/h1-3,6-8,10-11,14,18-19H,4-5,9H2,(H,32,34). The molecule has 0 radical (unpaired) electrons. The molecule has 1 aromatic carbocycles. The zero-order valence-electron chi connectivity index (χ0n) is 18.4. The summed E-state index contributed by atoms with van der Waals surface area (Å²) in [5.74, 6) is -4.68. The number of hydrogen-bond donors (Lipinski definition) is 1. The molecule has 0 saturated heterocycles. The number of rotatable bonds is 7. The van der Waals surface area contributed by atoms with Crippen LogP contribution in [0.2, 0.25) is 5.02 Å². The molecule has 2 atom stereocenters. The van der Waals surface area contributed by atoms with Crippen molar-refractivity contribution < 1.29 is 22.8 Å². The summed E-state index contributed by atoms with van der Waals surface area (Å²) in [7, 11) is 0. The molecule has 0 aliphatic heterocycles. The van der Waals surface area contributed by atoms with Crippen LogP contribution in [0.1, 0.15) is 30.9 Å². The molecule has 2 aliphatic rings. The predicted octanol–water partition coefficient (Wildman–Crippen LogP) is 5.17. The molecule has 1 N–H and O–H groups in total. The third-order valence-electron chi connectivity index (χ3n) is 6.58. The summed E-state index contributed by atoms with van der Waals surface area (Å²) in [5, 5.41) is 2.77. The van der Waals surface area contributed by atoms with Gasteiger partial charge in [-0.2, -0.15) is 0 Å². The van der Waals surface area contributed by atoms with Gasteiger partial charge >= 0.3 is 0 Å². The van der Waals surface area contributed by atoms with Crippen molar-refractivity contribution in [2.45, 2.75) is 42.9 Å². The van der Waals surface area contributed by atoms with Crippen molar-refractivity contribution in [2.75, 3.05) is 4.90 Å². The van der Waals surface area contributed by atoms with E-state index < -0.39 is 40.9 Å². The number of anilines is 1. The van der Waals surface area contributed by atoms with E-state index in [9.17, 15) is 22.8 Å². The SMILES string of the molecule is O=C(NC1CC2(C1)CC2(F)F)C(c1cncnc1)N(C(=O)C(F)Cl)c1ccc(-c2cncs2)cc1Cl. The van der Waals surface area contributed by atoms with Gasteiger partial charge in [0.2, 0.25) is 5.91 Å². The Labute approximate surface area is 217 Å². The fraction of sp³-hybridized carbons (Fsp3) is 0.348. The number of thiazole rings is 1. The molecule has 1 spiro atoms. The van der Waals surface area contributed by atoms with Crippen molar-refractivity contribution in [3.05, 3.63) is 59.2 Å². The number of carbonyl (C=O) groups is 2. The molecule has 5 rings (SSSR count). The molecule has 2 aliphatic carbocycles. The van der Waals surface area contributed by atoms with Crippen LogP contribution in [0, 0.1) is 5.41 Å². The van der Waals surface area contributed by atoms with Crippen LogP contribution in [-0.2, 0) is 9.59 Å². The second kappa shape index (κ2) is 9.28. The Morgan fingerprint density at radius 3 is 2.42 bits per heavy atom. The van der Waals surface area contributed by atoms with Gasteiger partial charge in [-0.3, -0.25) is 19.5 Å². The summed E-state index contributed by atoms with van der Waals surface area (Å²) in [4.78, 5) is 40.0. The van der Waals surface area contributed by atoms with Crippen LogP contribution < -0.4 is 10.2 Å². The van der Waals surface area contributed by atoms with E-state index in [1.54, 1.807) is 23.8 Å². The third kappa shape index (κ3) is 4.44. The molecule has 3 aromatic rings. The molecule has 0 bridgehead atoms. The Kier molecular flexibility index (Phi) is 6.42. The lowest BCUT2D eigenvalue weighted by atomic mass is 9.76. The first-order valence-electron chi connectivity index (χ1n) is 10.8. The minimum atomic E-state index is -2.73. The largest absolute Gasteiger partial charge is 0.351 e. The number of aromatic nitrogens is 3. The van der Waals surface area contributed by atoms with Crippen LogP contribution in [0.15, 0.2) is 48.6 Å². The first kappa shape index (κ1) is 24.9. The molecule has 2 unspecified atom stereocenters. The van der Waals surface area contributed by atoms with E-state index in [0.29, 0.717) is 5.56 Å². The van der Waals surface area contributed by atoms with Gasteiger partial charge < -0.3 is 5.32 Å². The highest BCUT2D eigenvalue weighted by molar-refractivity contribution is 7.13. The van der Waals surface area contributed by atoms with Crippen LogP contribution in [-0.4, -0.2) is 44.4 Å². The van der Waals surface area contributed by atoms with Crippen molar-refractivity contribution in [1.29, 1.82) is 0 Å². The van der Waals surface area contributed by atoms with Gasteiger partial charge in [0.25, 0.3) is 17.5 Å². The molecule has 2 heterocycles. The second-order valence-electron chi connectivity index (χ2n) is 8.89. The molecular weight excluding hydrogens is 538 g/mol. The second-order valence-corrected chi connectivity index (χ2v) is 10.6. The highest BCUT2D eigenvalue weighted by Gasteiger charge is 2.75. The lowest BCUT2D eigenvalue weighted by Crippen LogP contribution is -2.52. The third-order valence-corrected chi connectivity index (χ3v) is 7.89. The minimum Gasteiger partial charge on any atom is -0.351 e. The smallest absolute Gasteiger partial charge is 0.278 e. The Hall–Kier alpha value is -2.76. The van der Waals surface area contributed by atoms with Gasteiger partial charge in [-0.25, -0.2) is 23.1 Å². The van der Waals surface area contributed by atoms with Crippen molar-refractivity contribution in [2.24, 2.45) is 5.41 Å². The topological polar surface area (TPSA) is 88.1 Å². The number of benzene rings is 1. The number of halogens is 5. The molecule has 2 aromatic heterocycles. The number of amides is 2. The van der Waals surface area contributed by atoms with Crippen molar-refractivity contribution in [1.82, 2.24) is 20.3 Å². The predicted molar refractivity (Wildman–Crippen MR) is 129 cm³/mol. The Bertz CT molecular complexity index is 1290. The molecular formula is C23H18Cl2F3N5O2S. The molecule has 2 amide bonds. The average Bonchev–Trinajstić information content (AvgIpc) is 3.15. The van der Waals surface area contributed by atoms with E-state index in [4.69, 9.17) is 23.2 Å². The maximum Gasteiger partial charge on any atom is 0.278 e. The van der Waals surface area contributed by atoms with Gasteiger partial charge in [0, 0.05) is 42.0 Å². The van der Waals surface area contributed by atoms with Crippen LogP contribution in [0.4, 0.5) is 18.9 Å². The minimum absolute atomic E-state index is 0.0287. The van der Waals surface area contributed by atoms with Gasteiger partial charge in [0.05, 0.1) is 21.1 Å². The molecule has 13 heteroatoms. The van der Waals surface area contributed by atoms with Crippen LogP contribution >= 0.6 is 34.5 Å². The Morgan fingerprint density at radius 1 is 1.17 bits per heavy atom. The maximum atomic E-state index is 14.2. The molecule has 2 saturated carbocycles. The zero-order chi connectivity index (χ0) is 25.7. The summed E-state index contributed by atoms with van der Waals surface area (Å²) in [6.45, 7) is 0. The van der Waals surface area contributed by atoms with Crippen molar-refractivity contribution in [3.8, 4) is 10.4 Å². The van der Waals surface area contributed by atoms with Gasteiger partial charge in [0.1, 0.15) is 12.4 Å². The van der Waals surface area contributed by atoms with Crippen LogP contribution in [0.5, 0.6) is 0 Å². The van der Waals surface area contributed by atoms with E-state index in [0.717, 1.165) is 9.78 Å². The number of carbonyl (C=O) groups excluding carboxylic acids is 2. The van der Waals surface area contributed by atoms with E-state index in [1.807, 2.05) is 0 Å². The number of hydrogen-bond acceptors (Lipinski definition) is 6. The van der Waals surface area contributed by atoms with Crippen LogP contribution in [0.25, 0.3) is 10.4 Å². The van der Waals surface area contributed by atoms with E-state index in [2.05, 4.69) is 20.3 Å². The summed E-state index contributed by atoms with van der Waals surface area (Å²) in [6.07, 6.45) is 5.50. The van der Waals surface area contributed by atoms with Gasteiger partial charge in [-0.15, -0.1) is 11.3 Å². The van der Waals surface area contributed by atoms with Crippen LogP contribution in [0.3, 0.4) is 0 Å². The summed E-state index contributed by atoms with van der Waals surface area (Å²) in [5.41, 5.74) is -1.02. The number of nitrogens with one attached hydrogen (secondary N) is 1. The fourth-order valence-electron chi connectivity index (χ4n) is 4.66. The molecule has 2 fully saturated rings. The van der Waals surface area contributed by atoms with Crippen molar-refractivity contribution in [3.63, 3.8) is 0 Å². The molecule has 36 heavy (non-hydrogen) atoms. The van der Waals surface area contributed by atoms with Gasteiger partial charge in [0.15, 0.2) is 0 Å². The Balaban J connectivity index is 1.50. The normalized spacial score (nSPS) is 23.4. The van der Waals surface area contributed by atoms with Gasteiger partial charge in [-0.1, -0.05) is 29.3 Å². The monoisotopic (exact) mass is 555 g/mol. The van der Waals surface area contributed by atoms with Gasteiger partial charge in [-0.05, 0) is 30.5 Å². The number of nitrogens with zero attached hydrogens (tertiary/aromatic N) is 4. The first-order valence-corrected chi connectivity index (χ1v) is 12.5. The maximum absolute atomic E-state index is 14.2. The zero-order valence-corrected chi connectivity index (χ0v) is 20.7. The molecule has 7 nitrogen and oxygen atoms in total. The highest BCUT2D eigenvalue weighted by Crippen LogP contribution is 2.71. The summed E-state index contributed by atoms with van der Waals surface area (Å²) >= 11 is 13.4.